The van der Waals surface area contributed by atoms with Gasteiger partial charge in [-0.1, -0.05) is 6.07 Å². The maximum absolute atomic E-state index is 12.3. The fourth-order valence-electron chi connectivity index (χ4n) is 1.75. The van der Waals surface area contributed by atoms with E-state index in [-0.39, 0.29) is 11.4 Å². The normalized spacial score (nSPS) is 11.3. The summed E-state index contributed by atoms with van der Waals surface area (Å²) in [5.74, 6) is 0. The Bertz CT molecular complexity index is 701. The highest BCUT2D eigenvalue weighted by Gasteiger charge is 2.18. The fourth-order valence-corrected chi connectivity index (χ4v) is 2.90. The van der Waals surface area contributed by atoms with E-state index < -0.39 is 10.0 Å². The highest BCUT2D eigenvalue weighted by atomic mass is 32.2. The summed E-state index contributed by atoms with van der Waals surface area (Å²) in [7, 11) is -1.97. The lowest BCUT2D eigenvalue weighted by Gasteiger charge is -2.10. The SMILES string of the molecule is CNc1ccncc1S(=O)(=O)NCc1cccc(C)n1. The molecule has 0 unspecified atom stereocenters. The van der Waals surface area contributed by atoms with Crippen molar-refractivity contribution in [2.75, 3.05) is 12.4 Å². The third-order valence-electron chi connectivity index (χ3n) is 2.73. The number of aryl methyl sites for hydroxylation is 1. The first-order valence-corrected chi connectivity index (χ1v) is 7.55. The number of nitrogens with one attached hydrogen (secondary N) is 2. The summed E-state index contributed by atoms with van der Waals surface area (Å²) in [4.78, 5) is 8.23. The van der Waals surface area contributed by atoms with E-state index >= 15 is 0 Å². The first kappa shape index (κ1) is 14.4. The van der Waals surface area contributed by atoms with Gasteiger partial charge in [0.1, 0.15) is 4.90 Å². The summed E-state index contributed by atoms with van der Waals surface area (Å²) in [6, 6.07) is 7.09. The molecule has 2 rings (SSSR count). The number of hydrogen-bond donors (Lipinski definition) is 2. The number of hydrogen-bond acceptors (Lipinski definition) is 5. The number of anilines is 1. The summed E-state index contributed by atoms with van der Waals surface area (Å²) in [6.45, 7) is 2.00. The van der Waals surface area contributed by atoms with Gasteiger partial charge in [0.15, 0.2) is 0 Å². The first-order valence-electron chi connectivity index (χ1n) is 6.07. The van der Waals surface area contributed by atoms with Gasteiger partial charge in [-0.2, -0.15) is 0 Å². The van der Waals surface area contributed by atoms with E-state index in [1.807, 2.05) is 19.1 Å². The summed E-state index contributed by atoms with van der Waals surface area (Å²) in [6.07, 6.45) is 2.85. The van der Waals surface area contributed by atoms with E-state index in [1.165, 1.54) is 12.4 Å². The van der Waals surface area contributed by atoms with E-state index in [9.17, 15) is 8.42 Å². The van der Waals surface area contributed by atoms with Crippen LogP contribution < -0.4 is 10.0 Å². The van der Waals surface area contributed by atoms with Crippen LogP contribution in [0, 0.1) is 6.92 Å². The van der Waals surface area contributed by atoms with Crippen molar-refractivity contribution in [1.29, 1.82) is 0 Å². The highest BCUT2D eigenvalue weighted by Crippen LogP contribution is 2.18. The van der Waals surface area contributed by atoms with Gasteiger partial charge in [-0.05, 0) is 25.1 Å². The maximum Gasteiger partial charge on any atom is 0.244 e. The lowest BCUT2D eigenvalue weighted by atomic mass is 10.3. The van der Waals surface area contributed by atoms with E-state index in [2.05, 4.69) is 20.0 Å². The zero-order valence-electron chi connectivity index (χ0n) is 11.3. The lowest BCUT2D eigenvalue weighted by molar-refractivity contribution is 0.580. The molecule has 0 atom stereocenters. The topological polar surface area (TPSA) is 84.0 Å². The van der Waals surface area contributed by atoms with Crippen molar-refractivity contribution < 1.29 is 8.42 Å². The lowest BCUT2D eigenvalue weighted by Crippen LogP contribution is -2.24. The zero-order valence-corrected chi connectivity index (χ0v) is 12.1. The van der Waals surface area contributed by atoms with Crippen LogP contribution in [0.1, 0.15) is 11.4 Å². The van der Waals surface area contributed by atoms with Gasteiger partial charge in [-0.15, -0.1) is 0 Å². The highest BCUT2D eigenvalue weighted by molar-refractivity contribution is 7.89. The fraction of sp³-hybridized carbons (Fsp3) is 0.231. The molecule has 0 aliphatic heterocycles. The Morgan fingerprint density at radius 1 is 1.25 bits per heavy atom. The molecule has 2 N–H and O–H groups in total. The molecule has 106 valence electrons. The van der Waals surface area contributed by atoms with Crippen molar-refractivity contribution in [3.8, 4) is 0 Å². The molecule has 0 aliphatic carbocycles. The largest absolute Gasteiger partial charge is 0.387 e. The number of aromatic nitrogens is 2. The molecule has 6 nitrogen and oxygen atoms in total. The third kappa shape index (κ3) is 3.31. The van der Waals surface area contributed by atoms with Crippen LogP contribution >= 0.6 is 0 Å². The average Bonchev–Trinajstić information content (AvgIpc) is 2.45. The molecular weight excluding hydrogens is 276 g/mol. The van der Waals surface area contributed by atoms with Gasteiger partial charge < -0.3 is 5.32 Å². The molecule has 0 saturated heterocycles. The Hall–Kier alpha value is -1.99. The summed E-state index contributed by atoms with van der Waals surface area (Å²) in [5, 5.41) is 2.83. The van der Waals surface area contributed by atoms with Crippen molar-refractivity contribution in [2.24, 2.45) is 0 Å². The van der Waals surface area contributed by atoms with Crippen LogP contribution in [0.2, 0.25) is 0 Å². The van der Waals surface area contributed by atoms with Crippen molar-refractivity contribution in [2.45, 2.75) is 18.4 Å². The Kier molecular flexibility index (Phi) is 4.31. The summed E-state index contributed by atoms with van der Waals surface area (Å²) in [5.41, 5.74) is 2.02. The minimum atomic E-state index is -3.63. The summed E-state index contributed by atoms with van der Waals surface area (Å²) < 4.78 is 27.0. The first-order chi connectivity index (χ1) is 9.53. The molecule has 2 aromatic heterocycles. The van der Waals surface area contributed by atoms with Crippen LogP contribution in [-0.2, 0) is 16.6 Å². The second-order valence-corrected chi connectivity index (χ2v) is 5.95. The van der Waals surface area contributed by atoms with Crippen LogP contribution in [0.3, 0.4) is 0 Å². The molecule has 0 spiro atoms. The minimum absolute atomic E-state index is 0.121. The van der Waals surface area contributed by atoms with Crippen molar-refractivity contribution in [3.05, 3.63) is 48.0 Å². The Morgan fingerprint density at radius 2 is 2.05 bits per heavy atom. The van der Waals surface area contributed by atoms with E-state index in [1.54, 1.807) is 19.2 Å². The number of rotatable bonds is 5. The monoisotopic (exact) mass is 292 g/mol. The van der Waals surface area contributed by atoms with Gasteiger partial charge >= 0.3 is 0 Å². The van der Waals surface area contributed by atoms with Crippen LogP contribution in [0.5, 0.6) is 0 Å². The molecule has 0 radical (unpaired) electrons. The second-order valence-electron chi connectivity index (χ2n) is 4.22. The smallest absolute Gasteiger partial charge is 0.244 e. The summed E-state index contributed by atoms with van der Waals surface area (Å²) >= 11 is 0. The minimum Gasteiger partial charge on any atom is -0.387 e. The average molecular weight is 292 g/mol. The van der Waals surface area contributed by atoms with Crippen molar-refractivity contribution >= 4 is 15.7 Å². The molecule has 0 fully saturated rings. The Labute approximate surface area is 118 Å². The van der Waals surface area contributed by atoms with Crippen LogP contribution in [0.15, 0.2) is 41.6 Å². The van der Waals surface area contributed by atoms with Gasteiger partial charge in [-0.25, -0.2) is 13.1 Å². The molecular formula is C13H16N4O2S. The van der Waals surface area contributed by atoms with Gasteiger partial charge in [0, 0.05) is 25.1 Å². The number of sulfonamides is 1. The third-order valence-corrected chi connectivity index (χ3v) is 4.16. The molecule has 0 saturated carbocycles. The zero-order chi connectivity index (χ0) is 14.6. The number of nitrogens with zero attached hydrogens (tertiary/aromatic N) is 2. The Balaban J connectivity index is 2.19. The molecule has 0 bridgehead atoms. The molecule has 20 heavy (non-hydrogen) atoms. The standard InChI is InChI=1S/C13H16N4O2S/c1-10-4-3-5-11(17-10)8-16-20(18,19)13-9-15-7-6-12(13)14-2/h3-7,9,16H,8H2,1-2H3,(H,14,15). The van der Waals surface area contributed by atoms with Crippen molar-refractivity contribution in [1.82, 2.24) is 14.7 Å². The number of pyridine rings is 2. The van der Waals surface area contributed by atoms with Gasteiger partial charge in [0.05, 0.1) is 17.9 Å². The molecule has 2 aromatic rings. The Morgan fingerprint density at radius 3 is 2.75 bits per heavy atom. The second kappa shape index (κ2) is 5.98. The molecule has 0 aromatic carbocycles. The van der Waals surface area contributed by atoms with E-state index in [4.69, 9.17) is 0 Å². The van der Waals surface area contributed by atoms with Crippen LogP contribution in [-0.4, -0.2) is 25.4 Å². The molecule has 0 aliphatic rings. The van der Waals surface area contributed by atoms with Crippen LogP contribution in [0.4, 0.5) is 5.69 Å². The molecule has 2 heterocycles. The van der Waals surface area contributed by atoms with Gasteiger partial charge in [-0.3, -0.25) is 9.97 Å². The van der Waals surface area contributed by atoms with Crippen LogP contribution in [0.25, 0.3) is 0 Å². The van der Waals surface area contributed by atoms with E-state index in [0.29, 0.717) is 11.4 Å². The van der Waals surface area contributed by atoms with Crippen molar-refractivity contribution in [3.63, 3.8) is 0 Å². The molecule has 7 heteroatoms. The predicted molar refractivity (Wildman–Crippen MR) is 76.8 cm³/mol. The quantitative estimate of drug-likeness (QED) is 0.868. The van der Waals surface area contributed by atoms with Gasteiger partial charge in [0.25, 0.3) is 0 Å². The van der Waals surface area contributed by atoms with E-state index in [0.717, 1.165) is 5.69 Å². The predicted octanol–water partition coefficient (Wildman–Crippen LogP) is 1.31. The van der Waals surface area contributed by atoms with Gasteiger partial charge in [0.2, 0.25) is 10.0 Å². The molecule has 0 amide bonds. The maximum atomic E-state index is 12.3.